The number of likely N-dealkylation sites (N-methyl/N-ethyl adjacent to an activating group) is 1. The Bertz CT molecular complexity index is 1380. The average Bonchev–Trinajstić information content (AvgIpc) is 3.60. The van der Waals surface area contributed by atoms with Crippen LogP contribution in [-0.2, 0) is 14.4 Å². The van der Waals surface area contributed by atoms with E-state index in [0.29, 0.717) is 41.5 Å². The van der Waals surface area contributed by atoms with E-state index in [2.05, 4.69) is 5.32 Å². The van der Waals surface area contributed by atoms with Gasteiger partial charge in [0.25, 0.3) is 5.91 Å². The minimum Gasteiger partial charge on any atom is -0.481 e. The normalized spacial score (nSPS) is 15.1. The lowest BCUT2D eigenvalue weighted by Crippen LogP contribution is -2.53. The molecule has 1 saturated heterocycles. The fourth-order valence-corrected chi connectivity index (χ4v) is 5.72. The van der Waals surface area contributed by atoms with Gasteiger partial charge in [-0.2, -0.15) is 0 Å². The maximum Gasteiger partial charge on any atom is 0.305 e. The highest BCUT2D eigenvalue weighted by molar-refractivity contribution is 7.18. The van der Waals surface area contributed by atoms with E-state index in [0.717, 1.165) is 15.0 Å². The molecule has 9 nitrogen and oxygen atoms in total. The summed E-state index contributed by atoms with van der Waals surface area (Å²) in [7, 11) is 1.36. The molecule has 1 aliphatic rings. The molecule has 1 aromatic carbocycles. The topological polar surface area (TPSA) is 120 Å². The Morgan fingerprint density at radius 3 is 2.63 bits per heavy atom. The zero-order valence-corrected chi connectivity index (χ0v) is 22.7. The van der Waals surface area contributed by atoms with E-state index >= 15 is 0 Å². The Hall–Kier alpha value is -3.34. The molecule has 3 amide bonds. The molecular weight excluding hydrogens is 553 g/mol. The largest absolute Gasteiger partial charge is 0.481 e. The number of piperidine rings is 1. The highest BCUT2D eigenvalue weighted by atomic mass is 35.5. The van der Waals surface area contributed by atoms with Crippen LogP contribution in [0.5, 0.6) is 0 Å². The van der Waals surface area contributed by atoms with Gasteiger partial charge < -0.3 is 24.6 Å². The fraction of sp³-hybridized carbons (Fsp3) is 0.308. The van der Waals surface area contributed by atoms with Gasteiger partial charge in [0.05, 0.1) is 27.4 Å². The van der Waals surface area contributed by atoms with Crippen molar-refractivity contribution >= 4 is 74.4 Å². The first-order chi connectivity index (χ1) is 18.2. The quantitative estimate of drug-likeness (QED) is 0.379. The number of nitrogens with one attached hydrogen (secondary N) is 1. The SMILES string of the molecule is CN(C(=O)c1ccco1)[C@@H](CC(=O)O)C(=O)NC1CCN(C(=O)/C=C/c2cc3ccsc3c(Cl)c2Cl)CC1. The van der Waals surface area contributed by atoms with Gasteiger partial charge in [-0.05, 0) is 59.5 Å². The molecule has 38 heavy (non-hydrogen) atoms. The lowest BCUT2D eigenvalue weighted by Gasteiger charge is -2.33. The molecule has 200 valence electrons. The van der Waals surface area contributed by atoms with Crippen molar-refractivity contribution in [3.63, 3.8) is 0 Å². The number of likely N-dealkylation sites (tertiary alicyclic amines) is 1. The first-order valence-corrected chi connectivity index (χ1v) is 13.4. The van der Waals surface area contributed by atoms with Crippen molar-refractivity contribution in [2.75, 3.05) is 20.1 Å². The molecule has 0 bridgehead atoms. The number of carbonyl (C=O) groups excluding carboxylic acids is 3. The van der Waals surface area contributed by atoms with Crippen molar-refractivity contribution < 1.29 is 28.7 Å². The maximum atomic E-state index is 13.0. The predicted octanol–water partition coefficient (Wildman–Crippen LogP) is 4.54. The van der Waals surface area contributed by atoms with Gasteiger partial charge in [0.1, 0.15) is 6.04 Å². The lowest BCUT2D eigenvalue weighted by molar-refractivity contribution is -0.141. The number of carboxylic acid groups (broad SMARTS) is 1. The number of amides is 3. The van der Waals surface area contributed by atoms with E-state index in [1.165, 1.54) is 42.9 Å². The molecule has 3 aromatic rings. The van der Waals surface area contributed by atoms with Gasteiger partial charge in [0.15, 0.2) is 5.76 Å². The molecule has 1 aliphatic heterocycles. The number of furan rings is 1. The Balaban J connectivity index is 1.34. The zero-order valence-electron chi connectivity index (χ0n) is 20.4. The van der Waals surface area contributed by atoms with Crippen LogP contribution in [0.2, 0.25) is 10.0 Å². The monoisotopic (exact) mass is 577 g/mol. The van der Waals surface area contributed by atoms with Crippen LogP contribution in [0.25, 0.3) is 16.2 Å². The summed E-state index contributed by atoms with van der Waals surface area (Å²) in [4.78, 5) is 52.4. The standard InChI is InChI=1S/C26H25Cl2N3O6S/c1-30(26(36)19-3-2-11-37-19)18(14-21(33)34)25(35)29-17-6-9-31(10-7-17)20(32)5-4-15-13-16-8-12-38-24(16)23(28)22(15)27/h2-5,8,11-13,17-18H,6-7,9-10,14H2,1H3,(H,29,35)(H,33,34)/b5-4+/t18-/m0/s1. The molecular formula is C26H25Cl2N3O6S. The molecule has 0 radical (unpaired) electrons. The van der Waals surface area contributed by atoms with E-state index in [1.807, 2.05) is 17.5 Å². The number of aliphatic carboxylic acids is 1. The van der Waals surface area contributed by atoms with Crippen LogP contribution in [-0.4, -0.2) is 70.8 Å². The molecule has 0 spiro atoms. The number of thiophene rings is 1. The second-order valence-electron chi connectivity index (χ2n) is 8.88. The summed E-state index contributed by atoms with van der Waals surface area (Å²) >= 11 is 14.2. The summed E-state index contributed by atoms with van der Waals surface area (Å²) in [5.41, 5.74) is 0.649. The smallest absolute Gasteiger partial charge is 0.305 e. The minimum absolute atomic E-state index is 0.00867. The van der Waals surface area contributed by atoms with Gasteiger partial charge in [-0.1, -0.05) is 23.2 Å². The third-order valence-electron chi connectivity index (χ3n) is 6.40. The molecule has 0 unspecified atom stereocenters. The number of carboxylic acids is 1. The number of fused-ring (bicyclic) bond motifs is 1. The van der Waals surface area contributed by atoms with Crippen LogP contribution in [0.4, 0.5) is 0 Å². The third-order valence-corrected chi connectivity index (χ3v) is 8.34. The van der Waals surface area contributed by atoms with E-state index < -0.39 is 30.2 Å². The number of benzene rings is 1. The van der Waals surface area contributed by atoms with Gasteiger partial charge in [0, 0.05) is 32.3 Å². The summed E-state index contributed by atoms with van der Waals surface area (Å²) in [6, 6.07) is 5.30. The molecule has 2 aromatic heterocycles. The van der Waals surface area contributed by atoms with Gasteiger partial charge in [-0.15, -0.1) is 11.3 Å². The number of hydrogen-bond acceptors (Lipinski definition) is 6. The minimum atomic E-state index is -1.22. The number of rotatable bonds is 8. The van der Waals surface area contributed by atoms with Crippen LogP contribution in [0, 0.1) is 0 Å². The van der Waals surface area contributed by atoms with Crippen LogP contribution in [0.3, 0.4) is 0 Å². The summed E-state index contributed by atoms with van der Waals surface area (Å²) in [5, 5.41) is 15.9. The van der Waals surface area contributed by atoms with Crippen molar-refractivity contribution in [1.29, 1.82) is 0 Å². The zero-order chi connectivity index (χ0) is 27.4. The molecule has 1 fully saturated rings. The van der Waals surface area contributed by atoms with E-state index in [9.17, 15) is 24.3 Å². The molecule has 12 heteroatoms. The molecule has 1 atom stereocenters. The first kappa shape index (κ1) is 27.7. The Morgan fingerprint density at radius 2 is 1.97 bits per heavy atom. The Morgan fingerprint density at radius 1 is 1.24 bits per heavy atom. The van der Waals surface area contributed by atoms with Crippen molar-refractivity contribution in [3.8, 4) is 0 Å². The highest BCUT2D eigenvalue weighted by Gasteiger charge is 2.33. The maximum absolute atomic E-state index is 13.0. The third kappa shape index (κ3) is 6.20. The van der Waals surface area contributed by atoms with Crippen LogP contribution in [0.1, 0.15) is 35.4 Å². The lowest BCUT2D eigenvalue weighted by atomic mass is 10.0. The summed E-state index contributed by atoms with van der Waals surface area (Å²) < 4.78 is 5.98. The second-order valence-corrected chi connectivity index (χ2v) is 10.6. The number of nitrogens with zero attached hydrogens (tertiary/aromatic N) is 2. The van der Waals surface area contributed by atoms with Crippen molar-refractivity contribution in [1.82, 2.24) is 15.1 Å². The Labute approximate surface area is 232 Å². The van der Waals surface area contributed by atoms with E-state index in [-0.39, 0.29) is 17.7 Å². The summed E-state index contributed by atoms with van der Waals surface area (Å²) in [5.74, 6) is -2.57. The van der Waals surface area contributed by atoms with Gasteiger partial charge in [-0.3, -0.25) is 19.2 Å². The van der Waals surface area contributed by atoms with E-state index in [4.69, 9.17) is 27.6 Å². The number of hydrogen-bond donors (Lipinski definition) is 2. The highest BCUT2D eigenvalue weighted by Crippen LogP contribution is 2.37. The van der Waals surface area contributed by atoms with Gasteiger partial charge in [-0.25, -0.2) is 0 Å². The van der Waals surface area contributed by atoms with Gasteiger partial charge in [0.2, 0.25) is 11.8 Å². The molecule has 2 N–H and O–H groups in total. The number of halogens is 2. The van der Waals surface area contributed by atoms with Crippen LogP contribution < -0.4 is 5.32 Å². The average molecular weight is 578 g/mol. The van der Waals surface area contributed by atoms with E-state index in [1.54, 1.807) is 11.0 Å². The number of carbonyl (C=O) groups is 4. The Kier molecular flexibility index (Phi) is 8.76. The van der Waals surface area contributed by atoms with Crippen LogP contribution >= 0.6 is 34.5 Å². The molecule has 0 aliphatic carbocycles. The van der Waals surface area contributed by atoms with Crippen molar-refractivity contribution in [2.24, 2.45) is 0 Å². The summed E-state index contributed by atoms with van der Waals surface area (Å²) in [6.07, 6.45) is 4.82. The fourth-order valence-electron chi connectivity index (χ4n) is 4.28. The first-order valence-electron chi connectivity index (χ1n) is 11.8. The summed E-state index contributed by atoms with van der Waals surface area (Å²) in [6.45, 7) is 0.799. The van der Waals surface area contributed by atoms with Crippen LogP contribution in [0.15, 0.2) is 46.4 Å². The van der Waals surface area contributed by atoms with Crippen molar-refractivity contribution in [2.45, 2.75) is 31.3 Å². The molecule has 3 heterocycles. The molecule has 4 rings (SSSR count). The second kappa shape index (κ2) is 12.0. The van der Waals surface area contributed by atoms with Crippen molar-refractivity contribution in [3.05, 3.63) is 63.4 Å². The predicted molar refractivity (Wildman–Crippen MR) is 145 cm³/mol. The molecule has 0 saturated carbocycles. The van der Waals surface area contributed by atoms with Gasteiger partial charge >= 0.3 is 5.97 Å².